The second-order valence-corrected chi connectivity index (χ2v) is 7.44. The lowest BCUT2D eigenvalue weighted by Gasteiger charge is -2.42. The highest BCUT2D eigenvalue weighted by molar-refractivity contribution is 6.04. The Balaban J connectivity index is 2.15. The number of carbonyl (C=O) groups is 1. The molecule has 1 N–H and O–H groups in total. The molecule has 24 heavy (non-hydrogen) atoms. The molecule has 2 aromatic carbocycles. The van der Waals surface area contributed by atoms with Gasteiger partial charge in [0, 0.05) is 18.2 Å². The topological polar surface area (TPSA) is 29.1 Å². The Morgan fingerprint density at radius 3 is 2.38 bits per heavy atom. The highest BCUT2D eigenvalue weighted by Gasteiger charge is 2.38. The van der Waals surface area contributed by atoms with Gasteiger partial charge in [-0.2, -0.15) is 0 Å². The molecule has 0 fully saturated rings. The van der Waals surface area contributed by atoms with Crippen LogP contribution in [0.2, 0.25) is 0 Å². The van der Waals surface area contributed by atoms with E-state index < -0.39 is 0 Å². The van der Waals surface area contributed by atoms with Crippen molar-refractivity contribution in [1.29, 1.82) is 0 Å². The van der Waals surface area contributed by atoms with Crippen LogP contribution in [0.3, 0.4) is 0 Å². The summed E-state index contributed by atoms with van der Waals surface area (Å²) in [5, 5.41) is 2.97. The fourth-order valence-electron chi connectivity index (χ4n) is 3.66. The van der Waals surface area contributed by atoms with Gasteiger partial charge >= 0.3 is 0 Å². The number of benzene rings is 2. The van der Waals surface area contributed by atoms with Gasteiger partial charge < -0.3 is 5.32 Å². The van der Waals surface area contributed by atoms with Gasteiger partial charge in [-0.05, 0) is 59.6 Å². The fourth-order valence-corrected chi connectivity index (χ4v) is 3.66. The molecule has 2 aromatic rings. The van der Waals surface area contributed by atoms with Crippen LogP contribution in [-0.2, 0) is 4.79 Å². The van der Waals surface area contributed by atoms with Gasteiger partial charge in [0.25, 0.3) is 0 Å². The van der Waals surface area contributed by atoms with Crippen LogP contribution >= 0.6 is 0 Å². The van der Waals surface area contributed by atoms with Gasteiger partial charge in [-0.1, -0.05) is 50.2 Å². The number of rotatable bonds is 3. The number of allylic oxidation sites excluding steroid dienone is 2. The molecule has 1 aliphatic carbocycles. The van der Waals surface area contributed by atoms with Crippen molar-refractivity contribution in [1.82, 2.24) is 0 Å². The van der Waals surface area contributed by atoms with Crippen molar-refractivity contribution in [3.05, 3.63) is 64.7 Å². The van der Waals surface area contributed by atoms with E-state index in [1.165, 1.54) is 27.8 Å². The predicted molar refractivity (Wildman–Crippen MR) is 102 cm³/mol. The first-order valence-corrected chi connectivity index (χ1v) is 8.48. The lowest BCUT2D eigenvalue weighted by atomic mass is 9.62. The Labute approximate surface area is 144 Å². The zero-order chi connectivity index (χ0) is 17.5. The number of amides is 1. The minimum absolute atomic E-state index is 0.0330. The second-order valence-electron chi connectivity index (χ2n) is 7.44. The molecule has 0 saturated carbocycles. The Bertz CT molecular complexity index is 843. The largest absolute Gasteiger partial charge is 0.326 e. The molecule has 3 rings (SSSR count). The molecule has 2 heteroatoms. The van der Waals surface area contributed by atoms with E-state index in [2.05, 4.69) is 57.3 Å². The van der Waals surface area contributed by atoms with E-state index in [1.807, 2.05) is 18.2 Å². The average molecular weight is 319 g/mol. The molecule has 0 unspecified atom stereocenters. The zero-order valence-corrected chi connectivity index (χ0v) is 15.2. The van der Waals surface area contributed by atoms with E-state index in [0.717, 1.165) is 17.7 Å². The molecule has 0 heterocycles. The summed E-state index contributed by atoms with van der Waals surface area (Å²) in [7, 11) is 0. The molecule has 0 atom stereocenters. The van der Waals surface area contributed by atoms with Gasteiger partial charge in [-0.25, -0.2) is 0 Å². The van der Waals surface area contributed by atoms with E-state index >= 15 is 0 Å². The molecule has 0 aliphatic heterocycles. The maximum absolute atomic E-state index is 11.5. The lowest BCUT2D eigenvalue weighted by molar-refractivity contribution is -0.114. The number of aryl methyl sites for hydroxylation is 2. The van der Waals surface area contributed by atoms with E-state index in [0.29, 0.717) is 0 Å². The SMILES string of the molecule is CC(=O)Nc1ccccc1C1=C(c2ccc(C)c(C)c2)C(C)(C)C1. The molecule has 0 spiro atoms. The van der Waals surface area contributed by atoms with Crippen LogP contribution < -0.4 is 5.32 Å². The van der Waals surface area contributed by atoms with E-state index in [1.54, 1.807) is 6.92 Å². The van der Waals surface area contributed by atoms with Crippen molar-refractivity contribution in [2.24, 2.45) is 5.41 Å². The quantitative estimate of drug-likeness (QED) is 0.783. The summed E-state index contributed by atoms with van der Waals surface area (Å²) in [5.74, 6) is -0.0330. The maximum atomic E-state index is 11.5. The number of para-hydroxylation sites is 1. The molecule has 124 valence electrons. The normalized spacial score (nSPS) is 15.9. The van der Waals surface area contributed by atoms with Crippen molar-refractivity contribution >= 4 is 22.7 Å². The van der Waals surface area contributed by atoms with Crippen LogP contribution in [0.1, 0.15) is 49.4 Å². The van der Waals surface area contributed by atoms with Gasteiger partial charge in [-0.15, -0.1) is 0 Å². The summed E-state index contributed by atoms with van der Waals surface area (Å²) in [4.78, 5) is 11.5. The fraction of sp³-hybridized carbons (Fsp3) is 0.318. The Hall–Kier alpha value is -2.35. The van der Waals surface area contributed by atoms with E-state index in [4.69, 9.17) is 0 Å². The number of anilines is 1. The van der Waals surface area contributed by atoms with Crippen LogP contribution in [0.15, 0.2) is 42.5 Å². The number of hydrogen-bond acceptors (Lipinski definition) is 1. The van der Waals surface area contributed by atoms with Gasteiger partial charge in [0.2, 0.25) is 5.91 Å². The first kappa shape index (κ1) is 16.5. The summed E-state index contributed by atoms with van der Waals surface area (Å²) in [5.41, 5.74) is 8.85. The number of hydrogen-bond donors (Lipinski definition) is 1. The molecule has 1 aliphatic rings. The van der Waals surface area contributed by atoms with Gasteiger partial charge in [-0.3, -0.25) is 4.79 Å². The molecular formula is C22H25NO. The third-order valence-corrected chi connectivity index (χ3v) is 4.96. The predicted octanol–water partition coefficient (Wildman–Crippen LogP) is 5.60. The third-order valence-electron chi connectivity index (χ3n) is 4.96. The van der Waals surface area contributed by atoms with E-state index in [-0.39, 0.29) is 11.3 Å². The molecule has 1 amide bonds. The van der Waals surface area contributed by atoms with Gasteiger partial charge in [0.1, 0.15) is 0 Å². The zero-order valence-electron chi connectivity index (χ0n) is 15.2. The van der Waals surface area contributed by atoms with Crippen LogP contribution in [0, 0.1) is 19.3 Å². The van der Waals surface area contributed by atoms with Crippen molar-refractivity contribution in [2.45, 2.75) is 41.0 Å². The number of carbonyl (C=O) groups excluding carboxylic acids is 1. The second kappa shape index (κ2) is 5.94. The molecule has 0 saturated heterocycles. The van der Waals surface area contributed by atoms with Crippen molar-refractivity contribution in [3.63, 3.8) is 0 Å². The standard InChI is InChI=1S/C22H25NO/c1-14-10-11-17(12-15(14)2)21-19(13-22(21,4)5)18-8-6-7-9-20(18)23-16(3)24/h6-12H,13H2,1-5H3,(H,23,24). The highest BCUT2D eigenvalue weighted by atomic mass is 16.1. The highest BCUT2D eigenvalue weighted by Crippen LogP contribution is 2.56. The maximum Gasteiger partial charge on any atom is 0.221 e. The first-order chi connectivity index (χ1) is 11.3. The molecule has 2 nitrogen and oxygen atoms in total. The summed E-state index contributed by atoms with van der Waals surface area (Å²) >= 11 is 0. The minimum atomic E-state index is -0.0330. The third kappa shape index (κ3) is 2.89. The van der Waals surface area contributed by atoms with Gasteiger partial charge in [0.15, 0.2) is 0 Å². The Morgan fingerprint density at radius 1 is 1.04 bits per heavy atom. The Kier molecular flexibility index (Phi) is 4.08. The van der Waals surface area contributed by atoms with Crippen LogP contribution in [-0.4, -0.2) is 5.91 Å². The summed E-state index contributed by atoms with van der Waals surface area (Å²) in [6, 6.07) is 14.8. The molecule has 0 radical (unpaired) electrons. The van der Waals surface area contributed by atoms with Crippen LogP contribution in [0.5, 0.6) is 0 Å². The molecule has 0 aromatic heterocycles. The monoisotopic (exact) mass is 319 g/mol. The van der Waals surface area contributed by atoms with Crippen molar-refractivity contribution in [2.75, 3.05) is 5.32 Å². The van der Waals surface area contributed by atoms with Crippen LogP contribution in [0.4, 0.5) is 5.69 Å². The number of nitrogens with one attached hydrogen (secondary N) is 1. The summed E-state index contributed by atoms with van der Waals surface area (Å²) < 4.78 is 0. The first-order valence-electron chi connectivity index (χ1n) is 8.48. The molecular weight excluding hydrogens is 294 g/mol. The summed E-state index contributed by atoms with van der Waals surface area (Å²) in [6.45, 7) is 10.5. The Morgan fingerprint density at radius 2 is 1.75 bits per heavy atom. The minimum Gasteiger partial charge on any atom is -0.326 e. The smallest absolute Gasteiger partial charge is 0.221 e. The van der Waals surface area contributed by atoms with Gasteiger partial charge in [0.05, 0.1) is 0 Å². The average Bonchev–Trinajstić information content (AvgIpc) is 2.49. The van der Waals surface area contributed by atoms with Crippen molar-refractivity contribution in [3.8, 4) is 0 Å². The molecule has 0 bridgehead atoms. The lowest BCUT2D eigenvalue weighted by Crippen LogP contribution is -2.26. The van der Waals surface area contributed by atoms with E-state index in [9.17, 15) is 4.79 Å². The summed E-state index contributed by atoms with van der Waals surface area (Å²) in [6.07, 6.45) is 1.02. The van der Waals surface area contributed by atoms with Crippen molar-refractivity contribution < 1.29 is 4.79 Å². The van der Waals surface area contributed by atoms with Crippen LogP contribution in [0.25, 0.3) is 11.1 Å².